The van der Waals surface area contributed by atoms with Gasteiger partial charge in [0.05, 0.1) is 10.6 Å². The number of thiazole rings is 1. The Morgan fingerprint density at radius 2 is 2.15 bits per heavy atom. The van der Waals surface area contributed by atoms with E-state index in [2.05, 4.69) is 23.2 Å². The maximum Gasteiger partial charge on any atom is 0.210 e. The van der Waals surface area contributed by atoms with Crippen molar-refractivity contribution in [1.82, 2.24) is 4.57 Å². The summed E-state index contributed by atoms with van der Waals surface area (Å²) >= 11 is 8.26. The molecular formula is C14H12N2OS3. The zero-order chi connectivity index (χ0) is 14.3. The van der Waals surface area contributed by atoms with E-state index in [1.54, 1.807) is 30.0 Å². The highest BCUT2D eigenvalue weighted by molar-refractivity contribution is 7.73. The van der Waals surface area contributed by atoms with Crippen molar-refractivity contribution in [3.63, 3.8) is 0 Å². The number of rotatable bonds is 1. The van der Waals surface area contributed by atoms with E-state index < -0.39 is 0 Å². The highest BCUT2D eigenvalue weighted by atomic mass is 32.1. The van der Waals surface area contributed by atoms with Gasteiger partial charge in [-0.3, -0.25) is 9.56 Å². The predicted molar refractivity (Wildman–Crippen MR) is 89.8 cm³/mol. The Balaban J connectivity index is 2.16. The Labute approximate surface area is 129 Å². The maximum absolute atomic E-state index is 10.0. The number of aromatic hydroxyl groups is 1. The number of thiophene rings is 1. The van der Waals surface area contributed by atoms with Crippen molar-refractivity contribution < 1.29 is 5.11 Å². The monoisotopic (exact) mass is 320 g/mol. The summed E-state index contributed by atoms with van der Waals surface area (Å²) in [5.74, 6) is 0.224. The molecule has 20 heavy (non-hydrogen) atoms. The van der Waals surface area contributed by atoms with Crippen molar-refractivity contribution in [3.05, 3.63) is 35.6 Å². The predicted octanol–water partition coefficient (Wildman–Crippen LogP) is 2.29. The first-order chi connectivity index (χ1) is 9.58. The van der Waals surface area contributed by atoms with E-state index in [4.69, 9.17) is 12.2 Å². The molecule has 3 rings (SSSR count). The minimum Gasteiger partial charge on any atom is -0.493 e. The first kappa shape index (κ1) is 13.5. The molecule has 0 radical (unpaired) electrons. The van der Waals surface area contributed by atoms with E-state index in [0.717, 1.165) is 15.1 Å². The van der Waals surface area contributed by atoms with Gasteiger partial charge in [0.2, 0.25) is 5.88 Å². The van der Waals surface area contributed by atoms with Crippen LogP contribution in [0.4, 0.5) is 0 Å². The number of fused-ring (bicyclic) bond motifs is 1. The number of allylic oxidation sites excluding steroid dienone is 1. The first-order valence-corrected chi connectivity index (χ1v) is 7.99. The highest BCUT2D eigenvalue weighted by Gasteiger charge is 2.07. The summed E-state index contributed by atoms with van der Waals surface area (Å²) in [5.41, 5.74) is 2.16. The van der Waals surface area contributed by atoms with Crippen LogP contribution in [0.3, 0.4) is 0 Å². The van der Waals surface area contributed by atoms with E-state index in [-0.39, 0.29) is 5.88 Å². The van der Waals surface area contributed by atoms with Crippen molar-refractivity contribution in [2.24, 2.45) is 12.0 Å². The van der Waals surface area contributed by atoms with Crippen LogP contribution in [-0.2, 0) is 7.05 Å². The van der Waals surface area contributed by atoms with Crippen LogP contribution in [0.1, 0.15) is 10.4 Å². The van der Waals surface area contributed by atoms with Crippen molar-refractivity contribution in [2.45, 2.75) is 0 Å². The molecule has 3 nitrogen and oxygen atoms in total. The summed E-state index contributed by atoms with van der Waals surface area (Å²) in [4.78, 5) is 4.98. The molecule has 0 unspecified atom stereocenters. The molecule has 0 bridgehead atoms. The fourth-order valence-electron chi connectivity index (χ4n) is 1.93. The molecule has 102 valence electrons. The Hall–Kier alpha value is -1.50. The number of aromatic nitrogens is 1. The molecule has 0 saturated carbocycles. The van der Waals surface area contributed by atoms with Crippen LogP contribution in [0.25, 0.3) is 18.2 Å². The van der Waals surface area contributed by atoms with Gasteiger partial charge in [-0.2, -0.15) is 0 Å². The highest BCUT2D eigenvalue weighted by Crippen LogP contribution is 2.25. The second kappa shape index (κ2) is 5.12. The van der Waals surface area contributed by atoms with Gasteiger partial charge in [-0.05, 0) is 42.1 Å². The minimum atomic E-state index is 0.224. The SMILES string of the molecule is CN=C1C=Cc2cc(=Cc3sc(=S)n(C)c3O)sc2=C1. The molecule has 0 amide bonds. The van der Waals surface area contributed by atoms with Crippen LogP contribution in [0.5, 0.6) is 5.88 Å². The largest absolute Gasteiger partial charge is 0.493 e. The third kappa shape index (κ3) is 2.30. The molecule has 0 atom stereocenters. The van der Waals surface area contributed by atoms with Gasteiger partial charge in [0.1, 0.15) is 0 Å². The molecule has 0 aromatic carbocycles. The number of aliphatic imine (C=N–C) groups is 1. The molecular weight excluding hydrogens is 308 g/mol. The van der Waals surface area contributed by atoms with Crippen LogP contribution in [-0.4, -0.2) is 22.4 Å². The number of hydrogen-bond acceptors (Lipinski definition) is 5. The summed E-state index contributed by atoms with van der Waals surface area (Å²) < 4.78 is 4.58. The molecule has 2 aromatic heterocycles. The quantitative estimate of drug-likeness (QED) is 0.819. The van der Waals surface area contributed by atoms with Crippen molar-refractivity contribution in [1.29, 1.82) is 0 Å². The maximum atomic E-state index is 10.0. The summed E-state index contributed by atoms with van der Waals surface area (Å²) in [5, 5.41) is 10.0. The standard InChI is InChI=1S/C14H12N2OS3/c1-15-9-4-3-8-5-10(19-11(8)6-9)7-12-13(17)16(2)14(18)20-12/h3-7,17H,1-2H3. The Kier molecular flexibility index (Phi) is 3.45. The van der Waals surface area contributed by atoms with E-state index >= 15 is 0 Å². The fourth-order valence-corrected chi connectivity index (χ4v) is 4.23. The Morgan fingerprint density at radius 3 is 2.80 bits per heavy atom. The van der Waals surface area contributed by atoms with Crippen LogP contribution in [0.15, 0.2) is 17.1 Å². The summed E-state index contributed by atoms with van der Waals surface area (Å²) in [6.45, 7) is 0. The lowest BCUT2D eigenvalue weighted by atomic mass is 10.1. The van der Waals surface area contributed by atoms with Crippen LogP contribution in [0.2, 0.25) is 0 Å². The molecule has 2 heterocycles. The normalized spacial score (nSPS) is 16.5. The zero-order valence-corrected chi connectivity index (χ0v) is 13.4. The summed E-state index contributed by atoms with van der Waals surface area (Å²) in [6.07, 6.45) is 8.12. The second-order valence-electron chi connectivity index (χ2n) is 4.35. The smallest absolute Gasteiger partial charge is 0.210 e. The van der Waals surface area contributed by atoms with Gasteiger partial charge < -0.3 is 5.11 Å². The average molecular weight is 320 g/mol. The van der Waals surface area contributed by atoms with Gasteiger partial charge in [0.15, 0.2) is 3.95 Å². The number of hydrogen-bond donors (Lipinski definition) is 1. The Morgan fingerprint density at radius 1 is 1.35 bits per heavy atom. The lowest BCUT2D eigenvalue weighted by Gasteiger charge is -1.96. The van der Waals surface area contributed by atoms with Crippen molar-refractivity contribution in [3.8, 4) is 5.88 Å². The van der Waals surface area contributed by atoms with Crippen molar-refractivity contribution >= 4 is 58.8 Å². The molecule has 0 fully saturated rings. The zero-order valence-electron chi connectivity index (χ0n) is 11.0. The van der Waals surface area contributed by atoms with Gasteiger partial charge >= 0.3 is 0 Å². The van der Waals surface area contributed by atoms with Crippen LogP contribution >= 0.6 is 34.9 Å². The third-order valence-corrected chi connectivity index (χ3v) is 5.60. The molecule has 1 aliphatic carbocycles. The Bertz CT molecular complexity index is 909. The van der Waals surface area contributed by atoms with E-state index in [0.29, 0.717) is 3.95 Å². The molecule has 6 heteroatoms. The average Bonchev–Trinajstić information content (AvgIpc) is 2.95. The number of nitrogens with zero attached hydrogens (tertiary/aromatic N) is 2. The molecule has 0 spiro atoms. The molecule has 1 aliphatic rings. The lowest BCUT2D eigenvalue weighted by Crippen LogP contribution is -2.05. The molecule has 1 N–H and O–H groups in total. The lowest BCUT2D eigenvalue weighted by molar-refractivity contribution is 0.430. The topological polar surface area (TPSA) is 37.5 Å². The van der Waals surface area contributed by atoms with Gasteiger partial charge in [-0.15, -0.1) is 22.7 Å². The third-order valence-electron chi connectivity index (χ3n) is 3.06. The van der Waals surface area contributed by atoms with E-state index in [9.17, 15) is 5.11 Å². The summed E-state index contributed by atoms with van der Waals surface area (Å²) in [6, 6.07) is 2.11. The fraction of sp³-hybridized carbons (Fsp3) is 0.143. The van der Waals surface area contributed by atoms with Crippen molar-refractivity contribution in [2.75, 3.05) is 7.05 Å². The van der Waals surface area contributed by atoms with Gasteiger partial charge in [-0.25, -0.2) is 0 Å². The van der Waals surface area contributed by atoms with Gasteiger partial charge in [0, 0.05) is 23.2 Å². The van der Waals surface area contributed by atoms with Crippen LogP contribution < -0.4 is 9.06 Å². The first-order valence-electron chi connectivity index (χ1n) is 5.95. The molecule has 0 aliphatic heterocycles. The van der Waals surface area contributed by atoms with Crippen LogP contribution in [0, 0.1) is 3.95 Å². The van der Waals surface area contributed by atoms with E-state index in [1.165, 1.54) is 21.4 Å². The van der Waals surface area contributed by atoms with Gasteiger partial charge in [-0.1, -0.05) is 6.08 Å². The summed E-state index contributed by atoms with van der Waals surface area (Å²) in [7, 11) is 3.56. The van der Waals surface area contributed by atoms with Gasteiger partial charge in [0.25, 0.3) is 0 Å². The van der Waals surface area contributed by atoms with E-state index in [1.807, 2.05) is 12.2 Å². The minimum absolute atomic E-state index is 0.224. The molecule has 2 aromatic rings. The second-order valence-corrected chi connectivity index (χ2v) is 7.14. The molecule has 0 saturated heterocycles.